The van der Waals surface area contributed by atoms with Crippen molar-refractivity contribution in [2.45, 2.75) is 26.2 Å². The Labute approximate surface area is 124 Å². The molecular weight excluding hydrogens is 296 g/mol. The van der Waals surface area contributed by atoms with Gasteiger partial charge in [0.2, 0.25) is 0 Å². The predicted octanol–water partition coefficient (Wildman–Crippen LogP) is 1.82. The first kappa shape index (κ1) is 17.2. The Hall–Kier alpha value is -2.90. The fourth-order valence-electron chi connectivity index (χ4n) is 2.15. The zero-order valence-corrected chi connectivity index (χ0v) is 11.6. The molecule has 0 aromatic heterocycles. The maximum atomic E-state index is 11.4. The van der Waals surface area contributed by atoms with Crippen LogP contribution in [0.25, 0.3) is 0 Å². The summed E-state index contributed by atoms with van der Waals surface area (Å²) in [4.78, 5) is 45.1. The summed E-state index contributed by atoms with van der Waals surface area (Å²) in [5.74, 6) is -6.84. The minimum absolute atomic E-state index is 0.00542. The molecule has 1 rings (SSSR count). The van der Waals surface area contributed by atoms with E-state index in [-0.39, 0.29) is 12.0 Å². The van der Waals surface area contributed by atoms with Gasteiger partial charge in [0.05, 0.1) is 22.3 Å². The number of carboxylic acids is 4. The minimum atomic E-state index is -1.81. The Kier molecular flexibility index (Phi) is 5.23. The van der Waals surface area contributed by atoms with Crippen LogP contribution in [0.15, 0.2) is 6.07 Å². The smallest absolute Gasteiger partial charge is 0.337 e. The lowest BCUT2D eigenvalue weighted by molar-refractivity contribution is 0.0618. The van der Waals surface area contributed by atoms with Crippen molar-refractivity contribution in [2.75, 3.05) is 0 Å². The van der Waals surface area contributed by atoms with Crippen molar-refractivity contribution in [3.63, 3.8) is 0 Å². The van der Waals surface area contributed by atoms with Gasteiger partial charge in [-0.1, -0.05) is 13.3 Å². The third-order valence-corrected chi connectivity index (χ3v) is 3.08. The lowest BCUT2D eigenvalue weighted by atomic mass is 9.89. The number of aryl methyl sites for hydroxylation is 1. The lowest BCUT2D eigenvalue weighted by Crippen LogP contribution is -2.21. The summed E-state index contributed by atoms with van der Waals surface area (Å²) in [6, 6.07) is 0.928. The predicted molar refractivity (Wildman–Crippen MR) is 72.9 cm³/mol. The van der Waals surface area contributed by atoms with Gasteiger partial charge in [-0.25, -0.2) is 19.2 Å². The number of hydrogen-bond donors (Lipinski definition) is 4. The van der Waals surface area contributed by atoms with Gasteiger partial charge in [0.15, 0.2) is 0 Å². The van der Waals surface area contributed by atoms with Crippen LogP contribution in [0.2, 0.25) is 0 Å². The molecule has 0 aliphatic rings. The Bertz CT molecular complexity index is 659. The first-order chi connectivity index (χ1) is 10.2. The van der Waals surface area contributed by atoms with E-state index in [0.717, 1.165) is 6.07 Å². The van der Waals surface area contributed by atoms with Crippen molar-refractivity contribution >= 4 is 23.9 Å². The second kappa shape index (κ2) is 6.70. The van der Waals surface area contributed by atoms with Gasteiger partial charge in [0, 0.05) is 0 Å². The topological polar surface area (TPSA) is 149 Å². The third-order valence-electron chi connectivity index (χ3n) is 3.08. The second-order valence-corrected chi connectivity index (χ2v) is 4.53. The Morgan fingerprint density at radius 1 is 0.818 bits per heavy atom. The maximum Gasteiger partial charge on any atom is 0.337 e. The van der Waals surface area contributed by atoms with Crippen molar-refractivity contribution in [3.8, 4) is 0 Å². The number of rotatable bonds is 7. The average molecular weight is 310 g/mol. The van der Waals surface area contributed by atoms with Crippen LogP contribution in [0.5, 0.6) is 0 Å². The number of benzene rings is 1. The van der Waals surface area contributed by atoms with Crippen molar-refractivity contribution in [2.24, 2.45) is 0 Å². The molecule has 4 N–H and O–H groups in total. The number of aromatic carboxylic acids is 4. The molecule has 0 heterocycles. The number of carboxylic acid groups (broad SMARTS) is 4. The molecule has 0 saturated carbocycles. The molecule has 0 saturated heterocycles. The fraction of sp³-hybridized carbons (Fsp3) is 0.286. The molecular formula is C14H14O8. The molecule has 0 fully saturated rings. The van der Waals surface area contributed by atoms with Gasteiger partial charge in [-0.05, 0) is 24.5 Å². The molecule has 0 amide bonds. The number of hydrogen-bond acceptors (Lipinski definition) is 4. The number of unbranched alkanes of at least 4 members (excludes halogenated alkanes) is 1. The van der Waals surface area contributed by atoms with Gasteiger partial charge in [-0.3, -0.25) is 0 Å². The Balaban J connectivity index is 3.89. The van der Waals surface area contributed by atoms with Crippen molar-refractivity contribution in [3.05, 3.63) is 33.9 Å². The standard InChI is InChI=1S/C14H14O8/c1-2-3-4-6-5-7(11(15)16)9(13(19)20)10(14(21)22)8(6)12(17)18/h5H,2-4H2,1H3,(H,15,16)(H,17,18)(H,19,20)(H,21,22). The highest BCUT2D eigenvalue weighted by Gasteiger charge is 2.32. The van der Waals surface area contributed by atoms with Gasteiger partial charge >= 0.3 is 23.9 Å². The SMILES string of the molecule is CCCCc1cc(C(=O)O)c(C(=O)O)c(C(=O)O)c1C(=O)O. The van der Waals surface area contributed by atoms with Crippen LogP contribution >= 0.6 is 0 Å². The average Bonchev–Trinajstić information content (AvgIpc) is 2.42. The van der Waals surface area contributed by atoms with Crippen LogP contribution in [0.3, 0.4) is 0 Å². The van der Waals surface area contributed by atoms with E-state index < -0.39 is 46.1 Å². The molecule has 0 bridgehead atoms. The molecule has 22 heavy (non-hydrogen) atoms. The zero-order valence-electron chi connectivity index (χ0n) is 11.6. The highest BCUT2D eigenvalue weighted by Crippen LogP contribution is 2.26. The van der Waals surface area contributed by atoms with Crippen LogP contribution in [0.4, 0.5) is 0 Å². The van der Waals surface area contributed by atoms with Crippen molar-refractivity contribution in [1.29, 1.82) is 0 Å². The van der Waals surface area contributed by atoms with E-state index in [4.69, 9.17) is 10.2 Å². The van der Waals surface area contributed by atoms with Crippen LogP contribution in [0.1, 0.15) is 66.8 Å². The van der Waals surface area contributed by atoms with E-state index >= 15 is 0 Å². The van der Waals surface area contributed by atoms with Gasteiger partial charge in [0.1, 0.15) is 0 Å². The zero-order chi connectivity index (χ0) is 17.0. The van der Waals surface area contributed by atoms with Crippen molar-refractivity contribution < 1.29 is 39.6 Å². The first-order valence-corrected chi connectivity index (χ1v) is 6.35. The van der Waals surface area contributed by atoms with Crippen LogP contribution in [-0.2, 0) is 6.42 Å². The summed E-state index contributed by atoms with van der Waals surface area (Å²) in [5.41, 5.74) is -3.46. The van der Waals surface area contributed by atoms with E-state index in [1.165, 1.54) is 0 Å². The maximum absolute atomic E-state index is 11.4. The quantitative estimate of drug-likeness (QED) is 0.595. The summed E-state index contributed by atoms with van der Waals surface area (Å²) in [6.45, 7) is 1.82. The van der Waals surface area contributed by atoms with E-state index in [9.17, 15) is 29.4 Å². The van der Waals surface area contributed by atoms with Gasteiger partial charge in [0.25, 0.3) is 0 Å². The molecule has 1 aromatic rings. The van der Waals surface area contributed by atoms with E-state index in [0.29, 0.717) is 12.8 Å². The molecule has 0 radical (unpaired) electrons. The Morgan fingerprint density at radius 3 is 1.68 bits per heavy atom. The molecule has 0 unspecified atom stereocenters. The summed E-state index contributed by atoms with van der Waals surface area (Å²) < 4.78 is 0. The monoisotopic (exact) mass is 310 g/mol. The molecule has 8 heteroatoms. The highest BCUT2D eigenvalue weighted by atomic mass is 16.4. The normalized spacial score (nSPS) is 10.2. The highest BCUT2D eigenvalue weighted by molar-refractivity contribution is 6.14. The van der Waals surface area contributed by atoms with Crippen molar-refractivity contribution in [1.82, 2.24) is 0 Å². The largest absolute Gasteiger partial charge is 0.478 e. The molecule has 0 aliphatic carbocycles. The molecule has 8 nitrogen and oxygen atoms in total. The third kappa shape index (κ3) is 3.22. The summed E-state index contributed by atoms with van der Waals surface area (Å²) in [5, 5.41) is 36.6. The van der Waals surface area contributed by atoms with Gasteiger partial charge in [-0.2, -0.15) is 0 Å². The second-order valence-electron chi connectivity index (χ2n) is 4.53. The molecule has 0 spiro atoms. The summed E-state index contributed by atoms with van der Waals surface area (Å²) in [7, 11) is 0. The van der Waals surface area contributed by atoms with Crippen LogP contribution in [-0.4, -0.2) is 44.3 Å². The summed E-state index contributed by atoms with van der Waals surface area (Å²) in [6.07, 6.45) is 1.31. The van der Waals surface area contributed by atoms with E-state index in [1.54, 1.807) is 0 Å². The molecule has 118 valence electrons. The van der Waals surface area contributed by atoms with Gasteiger partial charge < -0.3 is 20.4 Å². The first-order valence-electron chi connectivity index (χ1n) is 6.35. The van der Waals surface area contributed by atoms with Crippen LogP contribution < -0.4 is 0 Å². The molecule has 0 aliphatic heterocycles. The number of carbonyl (C=O) groups is 4. The van der Waals surface area contributed by atoms with E-state index in [2.05, 4.69) is 0 Å². The van der Waals surface area contributed by atoms with Crippen LogP contribution in [0, 0.1) is 0 Å². The lowest BCUT2D eigenvalue weighted by Gasteiger charge is -2.14. The summed E-state index contributed by atoms with van der Waals surface area (Å²) >= 11 is 0. The Morgan fingerprint density at radius 2 is 1.32 bits per heavy atom. The van der Waals surface area contributed by atoms with E-state index in [1.807, 2.05) is 6.92 Å². The molecule has 1 aromatic carbocycles. The minimum Gasteiger partial charge on any atom is -0.478 e. The molecule has 0 atom stereocenters. The van der Waals surface area contributed by atoms with Gasteiger partial charge in [-0.15, -0.1) is 0 Å². The fourth-order valence-corrected chi connectivity index (χ4v) is 2.15.